The molecular formula is C27H30F4N6OS. The van der Waals surface area contributed by atoms with Gasteiger partial charge < -0.3 is 15.5 Å². The second-order valence-corrected chi connectivity index (χ2v) is 10.5. The maximum Gasteiger partial charge on any atom is 0.417 e. The molecule has 2 N–H and O–H groups in total. The molecule has 208 valence electrons. The average molecular weight is 563 g/mol. The van der Waals surface area contributed by atoms with Gasteiger partial charge in [-0.15, -0.1) is 12.6 Å². The second kappa shape index (κ2) is 11.4. The van der Waals surface area contributed by atoms with E-state index in [2.05, 4.69) is 39.9 Å². The summed E-state index contributed by atoms with van der Waals surface area (Å²) < 4.78 is 57.6. The summed E-state index contributed by atoms with van der Waals surface area (Å²) in [6, 6.07) is 6.41. The number of carbonyl (C=O) groups excluding carboxylic acids is 1. The molecule has 1 aliphatic heterocycles. The Labute approximate surface area is 229 Å². The number of likely N-dealkylation sites (tertiary alicyclic amines) is 1. The molecule has 0 aliphatic carbocycles. The largest absolute Gasteiger partial charge is 0.417 e. The van der Waals surface area contributed by atoms with Crippen molar-refractivity contribution in [3.8, 4) is 0 Å². The van der Waals surface area contributed by atoms with E-state index in [0.29, 0.717) is 24.0 Å². The minimum atomic E-state index is -4.70. The van der Waals surface area contributed by atoms with E-state index in [1.54, 1.807) is 36.7 Å². The van der Waals surface area contributed by atoms with E-state index in [9.17, 15) is 18.0 Å². The fourth-order valence-electron chi connectivity index (χ4n) is 4.37. The third-order valence-corrected chi connectivity index (χ3v) is 7.13. The van der Waals surface area contributed by atoms with Crippen LogP contribution in [-0.4, -0.2) is 69.5 Å². The highest BCUT2D eigenvalue weighted by molar-refractivity contribution is 7.82. The van der Waals surface area contributed by atoms with E-state index < -0.39 is 22.8 Å². The number of piperidine rings is 1. The molecule has 2 aromatic heterocycles. The van der Waals surface area contributed by atoms with Crippen molar-refractivity contribution >= 4 is 46.6 Å². The third-order valence-electron chi connectivity index (χ3n) is 6.51. The third kappa shape index (κ3) is 6.80. The summed E-state index contributed by atoms with van der Waals surface area (Å²) in [5.41, 5.74) is 0.172. The smallest absolute Gasteiger partial charge is 0.368 e. The number of amides is 1. The molecule has 39 heavy (non-hydrogen) atoms. The molecule has 1 amide bonds. The van der Waals surface area contributed by atoms with Gasteiger partial charge in [-0.05, 0) is 44.2 Å². The Morgan fingerprint density at radius 1 is 1.33 bits per heavy atom. The molecule has 1 saturated heterocycles. The fraction of sp³-hybridized carbons (Fsp3) is 0.370. The van der Waals surface area contributed by atoms with Crippen molar-refractivity contribution in [3.05, 3.63) is 66.3 Å². The van der Waals surface area contributed by atoms with Gasteiger partial charge in [-0.1, -0.05) is 24.8 Å². The molecule has 0 saturated carbocycles. The van der Waals surface area contributed by atoms with Gasteiger partial charge in [0.25, 0.3) is 0 Å². The normalized spacial score (nSPS) is 20.4. The van der Waals surface area contributed by atoms with Crippen LogP contribution in [0.4, 0.5) is 23.2 Å². The molecule has 4 rings (SSSR count). The molecule has 3 heterocycles. The highest BCUT2D eigenvalue weighted by Crippen LogP contribution is 2.39. The summed E-state index contributed by atoms with van der Waals surface area (Å²) in [5, 5.41) is 10.6. The lowest BCUT2D eigenvalue weighted by Gasteiger charge is -2.41. The zero-order valence-electron chi connectivity index (χ0n) is 21.6. The summed E-state index contributed by atoms with van der Waals surface area (Å²) in [5.74, 6) is -0.273. The summed E-state index contributed by atoms with van der Waals surface area (Å²) in [6.07, 6.45) is 0.867. The maximum atomic E-state index is 15.0. The number of aromatic nitrogens is 3. The Kier molecular flexibility index (Phi) is 8.36. The predicted molar refractivity (Wildman–Crippen MR) is 148 cm³/mol. The number of hydrogen-bond donors (Lipinski definition) is 3. The molecule has 0 spiro atoms. The van der Waals surface area contributed by atoms with E-state index in [0.717, 1.165) is 5.56 Å². The topological polar surface area (TPSA) is 75.1 Å². The first-order chi connectivity index (χ1) is 18.4. The SMILES string of the molecule is C=C(c1nc(/C=C/CNC(=O)Cn2cc(C)cn2)cc2c(N[C@@]3(S)CCN(C)CC3F)cccc12)C(F)(F)F. The number of carbonyl (C=O) groups is 1. The number of nitrogens with zero attached hydrogens (tertiary/aromatic N) is 4. The Morgan fingerprint density at radius 2 is 2.10 bits per heavy atom. The van der Waals surface area contributed by atoms with Gasteiger partial charge in [-0.3, -0.25) is 9.48 Å². The van der Waals surface area contributed by atoms with Crippen molar-refractivity contribution in [1.82, 2.24) is 25.0 Å². The first-order valence-corrected chi connectivity index (χ1v) is 12.8. The summed E-state index contributed by atoms with van der Waals surface area (Å²) >= 11 is 4.60. The summed E-state index contributed by atoms with van der Waals surface area (Å²) in [4.78, 5) is 17.1. The number of thiol groups is 1. The van der Waals surface area contributed by atoms with Crippen LogP contribution in [0.2, 0.25) is 0 Å². The molecule has 2 atom stereocenters. The van der Waals surface area contributed by atoms with Gasteiger partial charge in [0.1, 0.15) is 17.6 Å². The van der Waals surface area contributed by atoms with Gasteiger partial charge in [0, 0.05) is 42.3 Å². The molecule has 0 radical (unpaired) electrons. The zero-order valence-corrected chi connectivity index (χ0v) is 22.5. The summed E-state index contributed by atoms with van der Waals surface area (Å²) in [6.45, 7) is 6.07. The van der Waals surface area contributed by atoms with Gasteiger partial charge in [0.2, 0.25) is 5.91 Å². The van der Waals surface area contributed by atoms with E-state index in [-0.39, 0.29) is 42.3 Å². The fourth-order valence-corrected chi connectivity index (χ4v) is 4.67. The van der Waals surface area contributed by atoms with Gasteiger partial charge in [-0.2, -0.15) is 18.3 Å². The highest BCUT2D eigenvalue weighted by atomic mass is 32.1. The number of pyridine rings is 1. The highest BCUT2D eigenvalue weighted by Gasteiger charge is 2.40. The number of allylic oxidation sites excluding steroid dienone is 1. The van der Waals surface area contributed by atoms with Crippen LogP contribution in [0, 0.1) is 6.92 Å². The quantitative estimate of drug-likeness (QED) is 0.208. The number of nitrogens with one attached hydrogen (secondary N) is 2. The number of fused-ring (bicyclic) bond motifs is 1. The van der Waals surface area contributed by atoms with Crippen molar-refractivity contribution in [3.63, 3.8) is 0 Å². The lowest BCUT2D eigenvalue weighted by Crippen LogP contribution is -2.53. The predicted octanol–water partition coefficient (Wildman–Crippen LogP) is 4.86. The molecular weight excluding hydrogens is 532 g/mol. The molecule has 7 nitrogen and oxygen atoms in total. The van der Waals surface area contributed by atoms with Gasteiger partial charge in [0.05, 0.1) is 23.2 Å². The first kappa shape index (κ1) is 28.6. The zero-order chi connectivity index (χ0) is 28.4. The molecule has 3 aromatic rings. The lowest BCUT2D eigenvalue weighted by molar-refractivity contribution is -0.121. The van der Waals surface area contributed by atoms with Crippen LogP contribution in [0.25, 0.3) is 22.4 Å². The van der Waals surface area contributed by atoms with E-state index in [1.165, 1.54) is 16.8 Å². The summed E-state index contributed by atoms with van der Waals surface area (Å²) in [7, 11) is 1.82. The lowest BCUT2D eigenvalue weighted by atomic mass is 9.99. The van der Waals surface area contributed by atoms with E-state index >= 15 is 4.39 Å². The minimum absolute atomic E-state index is 0.0390. The van der Waals surface area contributed by atoms with Gasteiger partial charge in [0.15, 0.2) is 0 Å². The maximum absolute atomic E-state index is 15.0. The number of benzene rings is 1. The molecule has 1 aliphatic rings. The Morgan fingerprint density at radius 3 is 2.77 bits per heavy atom. The number of hydrogen-bond acceptors (Lipinski definition) is 6. The van der Waals surface area contributed by atoms with Crippen LogP contribution in [0.5, 0.6) is 0 Å². The van der Waals surface area contributed by atoms with E-state index in [1.807, 2.05) is 18.9 Å². The van der Waals surface area contributed by atoms with Crippen molar-refractivity contribution in [2.45, 2.75) is 37.1 Å². The molecule has 1 unspecified atom stereocenters. The standard InChI is InChI=1S/C27H30F4N6OS/c1-17-13-33-37(14-17)16-24(38)32-10-5-6-19-12-21-20(25(34-19)18(2)27(29,30)31)7-4-8-22(21)35-26(39)9-11-36(3)15-23(26)28/h4-8,12-14,23,35,39H,2,9-11,15-16H2,1,3H3,(H,32,38)/b6-5+/t23?,26-/m1/s1. The van der Waals surface area contributed by atoms with Crippen molar-refractivity contribution < 1.29 is 22.4 Å². The number of anilines is 1. The Bertz CT molecular complexity index is 1400. The van der Waals surface area contributed by atoms with E-state index in [4.69, 9.17) is 0 Å². The van der Waals surface area contributed by atoms with Crippen LogP contribution in [0.1, 0.15) is 23.4 Å². The second-order valence-electron chi connectivity index (χ2n) is 9.72. The van der Waals surface area contributed by atoms with Crippen molar-refractivity contribution in [1.29, 1.82) is 0 Å². The van der Waals surface area contributed by atoms with Crippen molar-refractivity contribution in [2.75, 3.05) is 32.0 Å². The monoisotopic (exact) mass is 562 g/mol. The van der Waals surface area contributed by atoms with Crippen LogP contribution < -0.4 is 10.6 Å². The van der Waals surface area contributed by atoms with Gasteiger partial charge >= 0.3 is 6.18 Å². The van der Waals surface area contributed by atoms with Crippen LogP contribution in [-0.2, 0) is 11.3 Å². The minimum Gasteiger partial charge on any atom is -0.368 e. The number of alkyl halides is 4. The average Bonchev–Trinajstić information content (AvgIpc) is 3.27. The first-order valence-electron chi connectivity index (χ1n) is 12.3. The Hall–Kier alpha value is -3.38. The van der Waals surface area contributed by atoms with Gasteiger partial charge in [-0.25, -0.2) is 9.37 Å². The van der Waals surface area contributed by atoms with Crippen molar-refractivity contribution in [2.24, 2.45) is 0 Å². The van der Waals surface area contributed by atoms with Crippen LogP contribution in [0.15, 0.2) is 49.3 Å². The Balaban J connectivity index is 1.62. The molecule has 1 aromatic carbocycles. The van der Waals surface area contributed by atoms with Crippen LogP contribution >= 0.6 is 12.6 Å². The molecule has 1 fully saturated rings. The number of aryl methyl sites for hydroxylation is 1. The molecule has 0 bridgehead atoms. The number of rotatable bonds is 8. The number of halogens is 4. The molecule has 12 heteroatoms. The van der Waals surface area contributed by atoms with Crippen LogP contribution in [0.3, 0.4) is 0 Å².